The standard InChI is InChI=1S/C17H23N3O/c1-12(2)15-7-5-14(6-8-15)11-20-17(21)9-16(10-18-20)19-13(3)4/h5-10,12-13,19H,11H2,1-4H3. The molecule has 0 aliphatic carbocycles. The summed E-state index contributed by atoms with van der Waals surface area (Å²) in [5, 5.41) is 7.41. The molecule has 21 heavy (non-hydrogen) atoms. The van der Waals surface area contributed by atoms with Crippen LogP contribution in [0.15, 0.2) is 41.3 Å². The van der Waals surface area contributed by atoms with Crippen LogP contribution < -0.4 is 10.9 Å². The van der Waals surface area contributed by atoms with Crippen molar-refractivity contribution in [2.45, 2.75) is 46.2 Å². The van der Waals surface area contributed by atoms with Crippen LogP contribution in [0.2, 0.25) is 0 Å². The molecule has 4 nitrogen and oxygen atoms in total. The molecule has 0 aliphatic rings. The number of anilines is 1. The van der Waals surface area contributed by atoms with E-state index in [9.17, 15) is 4.79 Å². The van der Waals surface area contributed by atoms with Crippen LogP contribution in [0.1, 0.15) is 44.7 Å². The van der Waals surface area contributed by atoms with E-state index in [1.54, 1.807) is 12.3 Å². The van der Waals surface area contributed by atoms with Gasteiger partial charge in [0.25, 0.3) is 5.56 Å². The minimum Gasteiger partial charge on any atom is -0.381 e. The number of benzene rings is 1. The van der Waals surface area contributed by atoms with Gasteiger partial charge in [0.15, 0.2) is 0 Å². The number of hydrogen-bond donors (Lipinski definition) is 1. The molecule has 0 unspecified atom stereocenters. The zero-order valence-corrected chi connectivity index (χ0v) is 13.1. The van der Waals surface area contributed by atoms with Gasteiger partial charge >= 0.3 is 0 Å². The van der Waals surface area contributed by atoms with Crippen molar-refractivity contribution in [1.29, 1.82) is 0 Å². The molecule has 0 fully saturated rings. The highest BCUT2D eigenvalue weighted by atomic mass is 16.1. The van der Waals surface area contributed by atoms with Gasteiger partial charge in [-0.1, -0.05) is 38.1 Å². The lowest BCUT2D eigenvalue weighted by molar-refractivity contribution is 0.638. The first-order valence-corrected chi connectivity index (χ1v) is 7.38. The van der Waals surface area contributed by atoms with Crippen LogP contribution in [-0.4, -0.2) is 15.8 Å². The van der Waals surface area contributed by atoms with Crippen molar-refractivity contribution >= 4 is 5.69 Å². The maximum Gasteiger partial charge on any atom is 0.269 e. The molecule has 0 saturated carbocycles. The van der Waals surface area contributed by atoms with Gasteiger partial charge < -0.3 is 5.32 Å². The van der Waals surface area contributed by atoms with E-state index in [1.165, 1.54) is 10.2 Å². The maximum absolute atomic E-state index is 12.1. The van der Waals surface area contributed by atoms with Crippen molar-refractivity contribution in [2.75, 3.05) is 5.32 Å². The lowest BCUT2D eigenvalue weighted by atomic mass is 10.0. The zero-order chi connectivity index (χ0) is 15.4. The minimum absolute atomic E-state index is 0.0893. The second kappa shape index (κ2) is 6.57. The molecule has 2 aromatic rings. The van der Waals surface area contributed by atoms with Crippen molar-refractivity contribution in [3.05, 3.63) is 58.0 Å². The summed E-state index contributed by atoms with van der Waals surface area (Å²) in [6, 6.07) is 10.2. The summed E-state index contributed by atoms with van der Waals surface area (Å²) >= 11 is 0. The fraction of sp³-hybridized carbons (Fsp3) is 0.412. The summed E-state index contributed by atoms with van der Waals surface area (Å²) in [5.74, 6) is 0.515. The second-order valence-corrected chi connectivity index (χ2v) is 5.94. The Labute approximate surface area is 125 Å². The summed E-state index contributed by atoms with van der Waals surface area (Å²) in [6.07, 6.45) is 1.70. The van der Waals surface area contributed by atoms with Crippen LogP contribution in [0.3, 0.4) is 0 Å². The molecular formula is C17H23N3O. The number of nitrogens with one attached hydrogen (secondary N) is 1. The van der Waals surface area contributed by atoms with Crippen LogP contribution in [-0.2, 0) is 6.54 Å². The van der Waals surface area contributed by atoms with E-state index in [0.717, 1.165) is 11.3 Å². The molecule has 1 aromatic carbocycles. The third-order valence-electron chi connectivity index (χ3n) is 3.30. The van der Waals surface area contributed by atoms with Crippen molar-refractivity contribution in [2.24, 2.45) is 0 Å². The molecule has 2 rings (SSSR count). The smallest absolute Gasteiger partial charge is 0.269 e. The molecule has 112 valence electrons. The van der Waals surface area contributed by atoms with Gasteiger partial charge in [-0.2, -0.15) is 5.10 Å². The number of nitrogens with zero attached hydrogens (tertiary/aromatic N) is 2. The normalized spacial score (nSPS) is 11.1. The first-order valence-electron chi connectivity index (χ1n) is 7.38. The summed E-state index contributed by atoms with van der Waals surface area (Å²) < 4.78 is 1.48. The third-order valence-corrected chi connectivity index (χ3v) is 3.30. The van der Waals surface area contributed by atoms with Gasteiger partial charge in [-0.05, 0) is 30.9 Å². The van der Waals surface area contributed by atoms with E-state index in [0.29, 0.717) is 12.5 Å². The Morgan fingerprint density at radius 2 is 1.81 bits per heavy atom. The molecular weight excluding hydrogens is 262 g/mol. The highest BCUT2D eigenvalue weighted by Crippen LogP contribution is 2.15. The predicted molar refractivity (Wildman–Crippen MR) is 86.9 cm³/mol. The molecule has 0 atom stereocenters. The van der Waals surface area contributed by atoms with Crippen molar-refractivity contribution < 1.29 is 0 Å². The molecule has 0 amide bonds. The monoisotopic (exact) mass is 285 g/mol. The highest BCUT2D eigenvalue weighted by molar-refractivity contribution is 5.39. The number of hydrogen-bond acceptors (Lipinski definition) is 3. The average molecular weight is 285 g/mol. The molecule has 4 heteroatoms. The lowest BCUT2D eigenvalue weighted by Gasteiger charge is -2.11. The molecule has 0 spiro atoms. The van der Waals surface area contributed by atoms with E-state index in [1.807, 2.05) is 13.8 Å². The Morgan fingerprint density at radius 1 is 1.14 bits per heavy atom. The van der Waals surface area contributed by atoms with Crippen LogP contribution in [0, 0.1) is 0 Å². The largest absolute Gasteiger partial charge is 0.381 e. The molecule has 0 radical (unpaired) electrons. The van der Waals surface area contributed by atoms with Crippen molar-refractivity contribution in [3.63, 3.8) is 0 Å². The Kier molecular flexibility index (Phi) is 4.78. The Bertz CT molecular complexity index is 642. The maximum atomic E-state index is 12.1. The van der Waals surface area contributed by atoms with Gasteiger partial charge in [0.2, 0.25) is 0 Å². The molecule has 0 bridgehead atoms. The van der Waals surface area contributed by atoms with Crippen LogP contribution in [0.4, 0.5) is 5.69 Å². The van der Waals surface area contributed by atoms with E-state index in [4.69, 9.17) is 0 Å². The average Bonchev–Trinajstić information content (AvgIpc) is 2.42. The third kappa shape index (κ3) is 4.18. The Balaban J connectivity index is 2.14. The van der Waals surface area contributed by atoms with Crippen LogP contribution in [0.5, 0.6) is 0 Å². The first-order chi connectivity index (χ1) is 9.95. The fourth-order valence-corrected chi connectivity index (χ4v) is 2.15. The van der Waals surface area contributed by atoms with Crippen LogP contribution in [0.25, 0.3) is 0 Å². The Morgan fingerprint density at radius 3 is 2.33 bits per heavy atom. The lowest BCUT2D eigenvalue weighted by Crippen LogP contribution is -2.24. The van der Waals surface area contributed by atoms with Crippen molar-refractivity contribution in [3.8, 4) is 0 Å². The summed E-state index contributed by atoms with van der Waals surface area (Å²) in [7, 11) is 0. The van der Waals surface area contributed by atoms with E-state index in [2.05, 4.69) is 48.5 Å². The van der Waals surface area contributed by atoms with Gasteiger partial charge in [0.05, 0.1) is 18.4 Å². The topological polar surface area (TPSA) is 46.9 Å². The second-order valence-electron chi connectivity index (χ2n) is 5.94. The summed E-state index contributed by atoms with van der Waals surface area (Å²) in [6.45, 7) is 8.89. The summed E-state index contributed by atoms with van der Waals surface area (Å²) in [4.78, 5) is 12.1. The fourth-order valence-electron chi connectivity index (χ4n) is 2.15. The first kappa shape index (κ1) is 15.3. The highest BCUT2D eigenvalue weighted by Gasteiger charge is 2.04. The van der Waals surface area contributed by atoms with Gasteiger partial charge in [-0.25, -0.2) is 4.68 Å². The van der Waals surface area contributed by atoms with Gasteiger partial charge in [0.1, 0.15) is 0 Å². The number of rotatable bonds is 5. The molecule has 1 heterocycles. The van der Waals surface area contributed by atoms with E-state index in [-0.39, 0.29) is 11.6 Å². The Hall–Kier alpha value is -2.10. The van der Waals surface area contributed by atoms with Crippen molar-refractivity contribution in [1.82, 2.24) is 9.78 Å². The number of aromatic nitrogens is 2. The quantitative estimate of drug-likeness (QED) is 0.917. The molecule has 1 N–H and O–H groups in total. The predicted octanol–water partition coefficient (Wildman–Crippen LogP) is 3.24. The molecule has 0 saturated heterocycles. The molecule has 0 aliphatic heterocycles. The van der Waals surface area contributed by atoms with Crippen LogP contribution >= 0.6 is 0 Å². The van der Waals surface area contributed by atoms with E-state index >= 15 is 0 Å². The summed E-state index contributed by atoms with van der Waals surface area (Å²) in [5.41, 5.74) is 3.06. The SMILES string of the molecule is CC(C)Nc1cnn(Cc2ccc(C(C)C)cc2)c(=O)c1. The van der Waals surface area contributed by atoms with Gasteiger partial charge in [0, 0.05) is 12.1 Å². The zero-order valence-electron chi connectivity index (χ0n) is 13.1. The van der Waals surface area contributed by atoms with Gasteiger partial charge in [-0.3, -0.25) is 4.79 Å². The van der Waals surface area contributed by atoms with Gasteiger partial charge in [-0.15, -0.1) is 0 Å². The van der Waals surface area contributed by atoms with E-state index < -0.39 is 0 Å². The minimum atomic E-state index is -0.0893. The molecule has 1 aromatic heterocycles.